The van der Waals surface area contributed by atoms with Gasteiger partial charge in [0.1, 0.15) is 48.8 Å². The van der Waals surface area contributed by atoms with E-state index in [9.17, 15) is 51.1 Å². The first kappa shape index (κ1) is 44.7. The lowest BCUT2D eigenvalue weighted by Gasteiger charge is -2.72. The predicted molar refractivity (Wildman–Crippen MR) is 202 cm³/mol. The molecule has 6 aliphatic rings. The quantitative estimate of drug-likeness (QED) is 0.110. The van der Waals surface area contributed by atoms with Gasteiger partial charge in [0.05, 0.1) is 37.1 Å². The Bertz CT molecular complexity index is 1400. The van der Waals surface area contributed by atoms with E-state index in [0.717, 1.165) is 19.3 Å². The molecule has 0 radical (unpaired) electrons. The third kappa shape index (κ3) is 7.16. The lowest BCUT2D eigenvalue weighted by molar-refractivity contribution is -0.383. The van der Waals surface area contributed by atoms with Crippen LogP contribution < -0.4 is 0 Å². The van der Waals surface area contributed by atoms with E-state index in [-0.39, 0.29) is 23.7 Å². The van der Waals surface area contributed by atoms with Crippen LogP contribution in [0.25, 0.3) is 0 Å². The maximum absolute atomic E-state index is 12.3. The first-order valence-electron chi connectivity index (χ1n) is 21.0. The monoisotopic (exact) mass is 800 g/mol. The van der Waals surface area contributed by atoms with Crippen LogP contribution in [0.2, 0.25) is 0 Å². The molecular weight excluding hydrogens is 728 g/mol. The summed E-state index contributed by atoms with van der Waals surface area (Å²) < 4.78 is 24.9. The van der Waals surface area contributed by atoms with Gasteiger partial charge < -0.3 is 70.0 Å². The zero-order valence-electron chi connectivity index (χ0n) is 34.6. The van der Waals surface area contributed by atoms with E-state index >= 15 is 0 Å². The van der Waals surface area contributed by atoms with Gasteiger partial charge in [0.2, 0.25) is 0 Å². The average molecular weight is 801 g/mol. The summed E-state index contributed by atoms with van der Waals surface area (Å²) in [6.45, 7) is 15.5. The van der Waals surface area contributed by atoms with Crippen molar-refractivity contribution in [2.45, 2.75) is 192 Å². The van der Waals surface area contributed by atoms with Crippen molar-refractivity contribution in [3.8, 4) is 0 Å². The molecular formula is C42H72O14. The first-order chi connectivity index (χ1) is 26.0. The van der Waals surface area contributed by atoms with Gasteiger partial charge in [-0.1, -0.05) is 46.3 Å². The second-order valence-electron chi connectivity index (χ2n) is 20.3. The second-order valence-corrected chi connectivity index (χ2v) is 20.3. The number of fused-ring (bicyclic) bond motifs is 5. The number of hydrogen-bond donors (Lipinski definition) is 10. The minimum Gasteiger partial charge on any atom is -0.394 e. The van der Waals surface area contributed by atoms with Crippen LogP contribution in [0.15, 0.2) is 11.6 Å². The molecule has 324 valence electrons. The highest BCUT2D eigenvalue weighted by molar-refractivity contribution is 5.22. The molecule has 4 saturated carbocycles. The minimum atomic E-state index is -1.81. The molecule has 14 heteroatoms. The van der Waals surface area contributed by atoms with Gasteiger partial charge in [-0.2, -0.15) is 0 Å². The van der Waals surface area contributed by atoms with Crippen molar-refractivity contribution in [1.29, 1.82) is 0 Å². The molecule has 56 heavy (non-hydrogen) atoms. The third-order valence-corrected chi connectivity index (χ3v) is 16.5. The van der Waals surface area contributed by atoms with E-state index in [1.54, 1.807) is 0 Å². The Kier molecular flexibility index (Phi) is 12.7. The zero-order valence-corrected chi connectivity index (χ0v) is 34.6. The van der Waals surface area contributed by atoms with Gasteiger partial charge in [-0.25, -0.2) is 0 Å². The van der Waals surface area contributed by atoms with E-state index in [2.05, 4.69) is 26.8 Å². The van der Waals surface area contributed by atoms with Crippen molar-refractivity contribution in [2.24, 2.45) is 45.3 Å². The summed E-state index contributed by atoms with van der Waals surface area (Å²) in [5.74, 6) is -0.623. The molecule has 0 bridgehead atoms. The molecule has 6 fully saturated rings. The Morgan fingerprint density at radius 1 is 0.768 bits per heavy atom. The number of aliphatic hydroxyl groups excluding tert-OH is 9. The van der Waals surface area contributed by atoms with Gasteiger partial charge in [-0.15, -0.1) is 0 Å². The summed E-state index contributed by atoms with van der Waals surface area (Å²) in [4.78, 5) is 0. The Balaban J connectivity index is 1.38. The molecule has 0 aromatic heterocycles. The Morgan fingerprint density at radius 3 is 1.98 bits per heavy atom. The topological polar surface area (TPSA) is 239 Å². The molecule has 0 unspecified atom stereocenters. The molecule has 0 amide bonds. The highest BCUT2D eigenvalue weighted by Crippen LogP contribution is 2.76. The third-order valence-electron chi connectivity index (χ3n) is 16.5. The van der Waals surface area contributed by atoms with Crippen molar-refractivity contribution < 1.29 is 70.0 Å². The van der Waals surface area contributed by atoms with Crippen LogP contribution in [0.5, 0.6) is 0 Å². The van der Waals surface area contributed by atoms with Crippen molar-refractivity contribution in [1.82, 2.24) is 0 Å². The standard InChI is InChI=1S/C42H72O14/c1-20(2)10-9-13-42(8,52)21-11-15-40(6)28(21)22(45)16-26-39(5)14-12-27(46)38(3,4)35(39)23(17-41(26,40)7)53-37-34(32(50)30(48)25(19-44)55-37)56-36-33(51)31(49)29(47)24(18-43)54-36/h10,21-37,43-52H,9,11-19H2,1-8H3/t21-,22+,23-,24+,25+,26+,27-,28-,29-,30-,31+,32-,33+,34+,35-,36-,37+,39+,40+,41+,42-/m0/s1. The van der Waals surface area contributed by atoms with Crippen LogP contribution in [0.3, 0.4) is 0 Å². The van der Waals surface area contributed by atoms with Crippen molar-refractivity contribution >= 4 is 0 Å². The fraction of sp³-hybridized carbons (Fsp3) is 0.952. The van der Waals surface area contributed by atoms with E-state index in [4.69, 9.17) is 18.9 Å². The minimum absolute atomic E-state index is 0.0169. The Hall–Kier alpha value is -0.820. The van der Waals surface area contributed by atoms with E-state index < -0.39 is 120 Å². The lowest BCUT2D eigenvalue weighted by atomic mass is 9.34. The molecule has 6 rings (SSSR count). The summed E-state index contributed by atoms with van der Waals surface area (Å²) in [7, 11) is 0. The molecule has 10 N–H and O–H groups in total. The van der Waals surface area contributed by atoms with Gasteiger partial charge in [-0.3, -0.25) is 0 Å². The number of hydrogen-bond acceptors (Lipinski definition) is 14. The van der Waals surface area contributed by atoms with Crippen LogP contribution in [-0.4, -0.2) is 150 Å². The number of ether oxygens (including phenoxy) is 4. The summed E-state index contributed by atoms with van der Waals surface area (Å²) in [5.41, 5.74) is -1.85. The second kappa shape index (κ2) is 15.9. The SMILES string of the molecule is CC(C)=CCC[C@](C)(O)[C@H]1CC[C@]2(C)[C@@H]1[C@H](O)C[C@@H]1[C@@]3(C)CC[C@H](O)C(C)(C)[C@@H]3[C@@H](O[C@@H]3O[C@H](CO)[C@H](O)[C@H](O)[C@H]3O[C@@H]3O[C@H](CO)[C@H](O)[C@@H](O)[C@H]3O)C[C@]12C. The summed E-state index contributed by atoms with van der Waals surface area (Å²) in [6.07, 6.45) is -10.6. The average Bonchev–Trinajstić information content (AvgIpc) is 3.51. The van der Waals surface area contributed by atoms with Crippen LogP contribution in [-0.2, 0) is 18.9 Å². The molecule has 21 atom stereocenters. The fourth-order valence-electron chi connectivity index (χ4n) is 13.4. The maximum Gasteiger partial charge on any atom is 0.187 e. The highest BCUT2D eigenvalue weighted by atomic mass is 16.8. The van der Waals surface area contributed by atoms with Crippen molar-refractivity contribution in [3.63, 3.8) is 0 Å². The molecule has 2 aliphatic heterocycles. The van der Waals surface area contributed by atoms with Crippen LogP contribution in [0.4, 0.5) is 0 Å². The highest BCUT2D eigenvalue weighted by Gasteiger charge is 2.73. The van der Waals surface area contributed by atoms with Gasteiger partial charge in [0, 0.05) is 0 Å². The van der Waals surface area contributed by atoms with E-state index in [0.29, 0.717) is 32.1 Å². The first-order valence-corrected chi connectivity index (χ1v) is 21.0. The van der Waals surface area contributed by atoms with E-state index in [1.807, 2.05) is 34.6 Å². The Labute approximate surface area is 331 Å². The summed E-state index contributed by atoms with van der Waals surface area (Å²) in [6, 6.07) is 0. The van der Waals surface area contributed by atoms with Crippen LogP contribution in [0, 0.1) is 45.3 Å². The van der Waals surface area contributed by atoms with Gasteiger partial charge >= 0.3 is 0 Å². The molecule has 0 aromatic carbocycles. The molecule has 0 spiro atoms. The molecule has 4 aliphatic carbocycles. The number of aliphatic hydroxyl groups is 10. The molecule has 2 heterocycles. The predicted octanol–water partition coefficient (Wildman–Crippen LogP) is 1.12. The van der Waals surface area contributed by atoms with Crippen LogP contribution >= 0.6 is 0 Å². The lowest BCUT2D eigenvalue weighted by Crippen LogP contribution is -2.71. The Morgan fingerprint density at radius 2 is 1.38 bits per heavy atom. The maximum atomic E-state index is 12.3. The normalized spacial score (nSPS) is 52.6. The largest absolute Gasteiger partial charge is 0.394 e. The summed E-state index contributed by atoms with van der Waals surface area (Å²) in [5, 5.41) is 110. The van der Waals surface area contributed by atoms with Gasteiger partial charge in [0.15, 0.2) is 12.6 Å². The summed E-state index contributed by atoms with van der Waals surface area (Å²) >= 11 is 0. The van der Waals surface area contributed by atoms with Crippen molar-refractivity contribution in [3.05, 3.63) is 11.6 Å². The molecule has 2 saturated heterocycles. The number of allylic oxidation sites excluding steroid dienone is 2. The smallest absolute Gasteiger partial charge is 0.187 e. The fourth-order valence-corrected chi connectivity index (χ4v) is 13.4. The van der Waals surface area contributed by atoms with Crippen LogP contribution in [0.1, 0.15) is 107 Å². The molecule has 0 aromatic rings. The molecule has 14 nitrogen and oxygen atoms in total. The van der Waals surface area contributed by atoms with Gasteiger partial charge in [0.25, 0.3) is 0 Å². The van der Waals surface area contributed by atoms with Crippen molar-refractivity contribution in [2.75, 3.05) is 13.2 Å². The van der Waals surface area contributed by atoms with Gasteiger partial charge in [-0.05, 0) is 117 Å². The number of rotatable bonds is 10. The zero-order chi connectivity index (χ0) is 41.5. The van der Waals surface area contributed by atoms with E-state index in [1.165, 1.54) is 5.57 Å².